The number of fused-ring (bicyclic) bond motifs is 1. The predicted octanol–water partition coefficient (Wildman–Crippen LogP) is 7.22. The van der Waals surface area contributed by atoms with Gasteiger partial charge in [0.25, 0.3) is 0 Å². The first-order valence-electron chi connectivity index (χ1n) is 10.6. The van der Waals surface area contributed by atoms with Crippen LogP contribution in [0.15, 0.2) is 109 Å². The summed E-state index contributed by atoms with van der Waals surface area (Å²) in [6.45, 7) is 0. The van der Waals surface area contributed by atoms with E-state index in [4.69, 9.17) is 4.98 Å². The average Bonchev–Trinajstić information content (AvgIpc) is 3.56. The smallest absolute Gasteiger partial charge is 0.352 e. The van der Waals surface area contributed by atoms with E-state index in [0.717, 1.165) is 38.8 Å². The zero-order chi connectivity index (χ0) is 22.0. The molecule has 0 fully saturated rings. The molecule has 0 radical (unpaired) electrons. The van der Waals surface area contributed by atoms with Gasteiger partial charge in [-0.05, 0) is 41.7 Å². The number of nitrogens with zero attached hydrogens (tertiary/aromatic N) is 4. The van der Waals surface area contributed by atoms with Crippen LogP contribution in [0.3, 0.4) is 0 Å². The van der Waals surface area contributed by atoms with Crippen LogP contribution in [-0.4, -0.2) is 14.8 Å². The van der Waals surface area contributed by atoms with Gasteiger partial charge in [-0.1, -0.05) is 36.0 Å². The van der Waals surface area contributed by atoms with Crippen LogP contribution in [0.1, 0.15) is 0 Å². The van der Waals surface area contributed by atoms with Crippen molar-refractivity contribution in [2.24, 2.45) is 0 Å². The normalized spacial score (nSPS) is 10.7. The number of aromatic nitrogens is 3. The number of benzene rings is 4. The molecule has 0 saturated carbocycles. The van der Waals surface area contributed by atoms with Gasteiger partial charge in [-0.2, -0.15) is 22.5 Å². The van der Waals surface area contributed by atoms with E-state index in [-0.39, 0.29) is 21.1 Å². The molecule has 0 amide bonds. The van der Waals surface area contributed by atoms with E-state index >= 15 is 0 Å². The fourth-order valence-corrected chi connectivity index (χ4v) is 4.75. The maximum Gasteiger partial charge on any atom is 2.00 e. The average molecular weight is 638 g/mol. The summed E-state index contributed by atoms with van der Waals surface area (Å²) in [4.78, 5) is 6.98. The Morgan fingerprint density at radius 1 is 0.735 bits per heavy atom. The molecule has 2 aromatic heterocycles. The Morgan fingerprint density at radius 3 is 2.29 bits per heavy atom. The van der Waals surface area contributed by atoms with Crippen LogP contribution >= 0.6 is 11.3 Å². The summed E-state index contributed by atoms with van der Waals surface area (Å²) >= 11 is 1.68. The standard InChI is InChI=1S/C28H18N4S.Pt/c1-2-10-22(11-3-1)32(25-14-7-12-23(20-25)31-18-8-17-29-31)24-13-6-9-21(19-24)28-30-26-15-4-5-16-27(26)33-28;/h1-18H;/q-2;+2. The van der Waals surface area contributed by atoms with Crippen LogP contribution in [0.25, 0.3) is 26.5 Å². The molecule has 0 saturated heterocycles. The van der Waals surface area contributed by atoms with Crippen LogP contribution in [-0.2, 0) is 21.1 Å². The molecule has 6 aromatic rings. The molecule has 2 heterocycles. The third-order valence-corrected chi connectivity index (χ3v) is 6.39. The van der Waals surface area contributed by atoms with Crippen molar-refractivity contribution >= 4 is 38.6 Å². The molecule has 0 aliphatic heterocycles. The third kappa shape index (κ3) is 4.33. The monoisotopic (exact) mass is 637 g/mol. The third-order valence-electron chi connectivity index (χ3n) is 5.32. The van der Waals surface area contributed by atoms with Crippen LogP contribution in [0.4, 0.5) is 17.1 Å². The Morgan fingerprint density at radius 2 is 1.50 bits per heavy atom. The van der Waals surface area contributed by atoms with Crippen LogP contribution in [0, 0.1) is 12.1 Å². The summed E-state index contributed by atoms with van der Waals surface area (Å²) in [7, 11) is 0. The molecule has 4 aromatic carbocycles. The van der Waals surface area contributed by atoms with Gasteiger partial charge in [0.05, 0.1) is 5.52 Å². The van der Waals surface area contributed by atoms with E-state index in [1.165, 1.54) is 4.70 Å². The number of anilines is 3. The maximum absolute atomic E-state index is 4.83. The van der Waals surface area contributed by atoms with Crippen molar-refractivity contribution in [1.82, 2.24) is 14.8 Å². The summed E-state index contributed by atoms with van der Waals surface area (Å²) in [5, 5.41) is 5.32. The van der Waals surface area contributed by atoms with E-state index in [1.54, 1.807) is 17.5 Å². The van der Waals surface area contributed by atoms with E-state index in [1.807, 2.05) is 65.5 Å². The quantitative estimate of drug-likeness (QED) is 0.187. The topological polar surface area (TPSA) is 34.0 Å². The van der Waals surface area contributed by atoms with Gasteiger partial charge in [0.2, 0.25) is 0 Å². The van der Waals surface area contributed by atoms with Gasteiger partial charge >= 0.3 is 21.1 Å². The molecule has 6 heteroatoms. The molecule has 0 aliphatic rings. The van der Waals surface area contributed by atoms with Crippen molar-refractivity contribution in [1.29, 1.82) is 0 Å². The van der Waals surface area contributed by atoms with Crippen LogP contribution in [0.5, 0.6) is 0 Å². The van der Waals surface area contributed by atoms with E-state index < -0.39 is 0 Å². The Kier molecular flexibility index (Phi) is 6.39. The second-order valence-electron chi connectivity index (χ2n) is 7.48. The second-order valence-corrected chi connectivity index (χ2v) is 8.51. The van der Waals surface area contributed by atoms with E-state index in [9.17, 15) is 0 Å². The van der Waals surface area contributed by atoms with Gasteiger partial charge in [-0.15, -0.1) is 48.0 Å². The second kappa shape index (κ2) is 9.76. The van der Waals surface area contributed by atoms with Crippen molar-refractivity contribution in [3.05, 3.63) is 122 Å². The first kappa shape index (κ1) is 22.3. The molecular weight excluding hydrogens is 619 g/mol. The number of rotatable bonds is 5. The molecule has 0 unspecified atom stereocenters. The molecule has 166 valence electrons. The number of thiazole rings is 1. The van der Waals surface area contributed by atoms with Gasteiger partial charge < -0.3 is 4.90 Å². The Labute approximate surface area is 216 Å². The van der Waals surface area contributed by atoms with Crippen molar-refractivity contribution in [2.75, 3.05) is 4.90 Å². The Bertz CT molecular complexity index is 1490. The minimum absolute atomic E-state index is 0. The number of hydrogen-bond acceptors (Lipinski definition) is 4. The molecule has 34 heavy (non-hydrogen) atoms. The summed E-state index contributed by atoms with van der Waals surface area (Å²) < 4.78 is 2.99. The minimum Gasteiger partial charge on any atom is -0.352 e. The Balaban J connectivity index is 0.00000241. The first-order valence-corrected chi connectivity index (χ1v) is 11.4. The molecule has 6 rings (SSSR count). The van der Waals surface area contributed by atoms with Gasteiger partial charge in [0, 0.05) is 27.8 Å². The Hall–Kier alpha value is -3.53. The zero-order valence-corrected chi connectivity index (χ0v) is 21.0. The minimum atomic E-state index is 0. The summed E-state index contributed by atoms with van der Waals surface area (Å²) in [5.74, 6) is 0. The number of para-hydroxylation sites is 2. The molecule has 0 aliphatic carbocycles. The van der Waals surface area contributed by atoms with Crippen LogP contribution in [0.2, 0.25) is 0 Å². The maximum atomic E-state index is 4.83. The van der Waals surface area contributed by atoms with E-state index in [0.29, 0.717) is 0 Å². The predicted molar refractivity (Wildman–Crippen MR) is 135 cm³/mol. The largest absolute Gasteiger partial charge is 2.00 e. The molecule has 0 bridgehead atoms. The van der Waals surface area contributed by atoms with Crippen LogP contribution < -0.4 is 4.90 Å². The molecule has 0 N–H and O–H groups in total. The van der Waals surface area contributed by atoms with Gasteiger partial charge in [-0.3, -0.25) is 9.67 Å². The molecule has 0 spiro atoms. The summed E-state index contributed by atoms with van der Waals surface area (Å²) in [6, 6.07) is 39.8. The van der Waals surface area contributed by atoms with Gasteiger partial charge in [-0.25, -0.2) is 0 Å². The van der Waals surface area contributed by atoms with Crippen molar-refractivity contribution < 1.29 is 21.1 Å². The molecule has 4 nitrogen and oxygen atoms in total. The van der Waals surface area contributed by atoms with Gasteiger partial charge in [0.15, 0.2) is 0 Å². The van der Waals surface area contributed by atoms with Crippen molar-refractivity contribution in [3.8, 4) is 16.3 Å². The SMILES string of the molecule is [Pt+2].[c-]1c(-c2nc3ccccc3s2)cccc1N(c1[c-]c(-n2cccn2)ccc1)c1ccccc1. The molecular formula is C28H18N4PtS. The first-order chi connectivity index (χ1) is 16.3. The van der Waals surface area contributed by atoms with E-state index in [2.05, 4.69) is 64.6 Å². The van der Waals surface area contributed by atoms with Crippen molar-refractivity contribution in [2.45, 2.75) is 0 Å². The fourth-order valence-electron chi connectivity index (χ4n) is 3.80. The molecule has 0 atom stereocenters. The fraction of sp³-hybridized carbons (Fsp3) is 0. The number of hydrogen-bond donors (Lipinski definition) is 0. The van der Waals surface area contributed by atoms with Gasteiger partial charge in [0.1, 0.15) is 0 Å². The van der Waals surface area contributed by atoms with Crippen molar-refractivity contribution in [3.63, 3.8) is 0 Å². The summed E-state index contributed by atoms with van der Waals surface area (Å²) in [6.07, 6.45) is 3.69. The summed E-state index contributed by atoms with van der Waals surface area (Å²) in [5.41, 5.74) is 5.72. The zero-order valence-electron chi connectivity index (χ0n) is 17.9.